The first-order valence-corrected chi connectivity index (χ1v) is 4.25. The third kappa shape index (κ3) is 4.97. The average Bonchev–Trinajstić information content (AvgIpc) is 1.84. The zero-order chi connectivity index (χ0) is 9.72. The molecule has 0 rings (SSSR count). The Bertz CT molecular complexity index is 173. The molecule has 0 aromatic carbocycles. The molecule has 0 radical (unpaired) electrons. The molecule has 0 spiro atoms. The molecule has 0 aliphatic carbocycles. The van der Waals surface area contributed by atoms with Gasteiger partial charge in [-0.2, -0.15) is 0 Å². The lowest BCUT2D eigenvalue weighted by molar-refractivity contribution is 0.412. The number of allylic oxidation sites excluding steroid dienone is 1. The molecule has 0 fully saturated rings. The van der Waals surface area contributed by atoms with Crippen LogP contribution in [-0.4, -0.2) is 11.1 Å². The summed E-state index contributed by atoms with van der Waals surface area (Å²) in [6.45, 7) is 11.3. The van der Waals surface area contributed by atoms with Gasteiger partial charge in [0.1, 0.15) is 5.76 Å². The highest BCUT2D eigenvalue weighted by Crippen LogP contribution is 2.13. The van der Waals surface area contributed by atoms with Crippen molar-refractivity contribution in [1.82, 2.24) is 0 Å². The minimum absolute atomic E-state index is 0.0502. The Morgan fingerprint density at radius 3 is 2.25 bits per heavy atom. The lowest BCUT2D eigenvalue weighted by Crippen LogP contribution is -2.22. The van der Waals surface area contributed by atoms with Gasteiger partial charge >= 0.3 is 0 Å². The highest BCUT2D eigenvalue weighted by Gasteiger charge is 2.08. The van der Waals surface area contributed by atoms with Crippen LogP contribution >= 0.6 is 0 Å². The second-order valence-electron chi connectivity index (χ2n) is 3.64. The van der Waals surface area contributed by atoms with E-state index >= 15 is 0 Å². The fraction of sp³-hybridized carbons (Fsp3) is 0.600. The second-order valence-corrected chi connectivity index (χ2v) is 3.64. The number of hydrogen-bond acceptors (Lipinski definition) is 2. The van der Waals surface area contributed by atoms with Crippen molar-refractivity contribution in [1.29, 1.82) is 0 Å². The van der Waals surface area contributed by atoms with Crippen LogP contribution in [0.2, 0.25) is 0 Å². The van der Waals surface area contributed by atoms with Gasteiger partial charge < -0.3 is 10.8 Å². The van der Waals surface area contributed by atoms with E-state index in [1.54, 1.807) is 0 Å². The Hall–Kier alpha value is -0.760. The number of hydrogen-bond donors (Lipinski definition) is 2. The van der Waals surface area contributed by atoms with Crippen LogP contribution in [0.15, 0.2) is 24.5 Å². The van der Waals surface area contributed by atoms with Crippen molar-refractivity contribution in [3.63, 3.8) is 0 Å². The molecule has 0 bridgehead atoms. The van der Waals surface area contributed by atoms with Crippen molar-refractivity contribution in [2.45, 2.75) is 32.7 Å². The van der Waals surface area contributed by atoms with Crippen LogP contribution in [0.3, 0.4) is 0 Å². The average molecular weight is 169 g/mol. The number of aliphatic hydroxyl groups excluding tert-OH is 1. The van der Waals surface area contributed by atoms with Crippen LogP contribution in [0.4, 0.5) is 0 Å². The molecule has 0 aromatic heterocycles. The van der Waals surface area contributed by atoms with Crippen LogP contribution in [-0.2, 0) is 0 Å². The molecule has 0 saturated carbocycles. The van der Waals surface area contributed by atoms with Crippen molar-refractivity contribution >= 4 is 0 Å². The van der Waals surface area contributed by atoms with Crippen molar-refractivity contribution in [3.8, 4) is 0 Å². The van der Waals surface area contributed by atoms with Crippen LogP contribution in [0, 0.1) is 5.92 Å². The molecule has 3 N–H and O–H groups in total. The summed E-state index contributed by atoms with van der Waals surface area (Å²) < 4.78 is 0. The van der Waals surface area contributed by atoms with E-state index in [1.165, 1.54) is 0 Å². The Kier molecular flexibility index (Phi) is 4.67. The molecule has 0 aromatic rings. The minimum atomic E-state index is 0.0502. The van der Waals surface area contributed by atoms with Crippen LogP contribution in [0.1, 0.15) is 26.7 Å². The summed E-state index contributed by atoms with van der Waals surface area (Å²) in [5.74, 6) is 0.633. The minimum Gasteiger partial charge on any atom is -0.508 e. The molecule has 1 unspecified atom stereocenters. The largest absolute Gasteiger partial charge is 0.508 e. The van der Waals surface area contributed by atoms with Crippen LogP contribution in [0.5, 0.6) is 0 Å². The maximum Gasteiger partial charge on any atom is 0.111 e. The summed E-state index contributed by atoms with van der Waals surface area (Å²) >= 11 is 0. The van der Waals surface area contributed by atoms with Crippen molar-refractivity contribution < 1.29 is 5.11 Å². The molecule has 0 heterocycles. The maximum absolute atomic E-state index is 8.95. The highest BCUT2D eigenvalue weighted by atomic mass is 16.3. The summed E-state index contributed by atoms with van der Waals surface area (Å²) in [4.78, 5) is 0. The molecule has 0 aliphatic heterocycles. The van der Waals surface area contributed by atoms with E-state index in [2.05, 4.69) is 27.0 Å². The fourth-order valence-corrected chi connectivity index (χ4v) is 1.12. The van der Waals surface area contributed by atoms with Gasteiger partial charge in [-0.3, -0.25) is 0 Å². The summed E-state index contributed by atoms with van der Waals surface area (Å²) in [5.41, 5.74) is 6.44. The molecular weight excluding hydrogens is 150 g/mol. The molecule has 2 nitrogen and oxygen atoms in total. The van der Waals surface area contributed by atoms with Gasteiger partial charge in [-0.1, -0.05) is 27.0 Å². The van der Waals surface area contributed by atoms with E-state index in [-0.39, 0.29) is 11.8 Å². The summed E-state index contributed by atoms with van der Waals surface area (Å²) in [6, 6.07) is 0.0846. The van der Waals surface area contributed by atoms with Gasteiger partial charge in [-0.15, -0.1) is 0 Å². The second kappa shape index (κ2) is 4.99. The standard InChI is InChI=1S/C10H19NO/c1-7(2)5-10(11)6-8(3)9(4)12/h7,10,12H,3-6,11H2,1-2H3. The first-order chi connectivity index (χ1) is 5.43. The van der Waals surface area contributed by atoms with E-state index in [0.29, 0.717) is 17.9 Å². The SMILES string of the molecule is C=C(O)C(=C)CC(N)CC(C)C. The van der Waals surface area contributed by atoms with Gasteiger partial charge in [-0.05, 0) is 24.3 Å². The third-order valence-electron chi connectivity index (χ3n) is 1.69. The Morgan fingerprint density at radius 1 is 1.42 bits per heavy atom. The molecule has 12 heavy (non-hydrogen) atoms. The van der Waals surface area contributed by atoms with Crippen molar-refractivity contribution in [2.24, 2.45) is 11.7 Å². The topological polar surface area (TPSA) is 46.2 Å². The molecule has 70 valence electrons. The van der Waals surface area contributed by atoms with Gasteiger partial charge in [0.25, 0.3) is 0 Å². The van der Waals surface area contributed by atoms with E-state index in [1.807, 2.05) is 0 Å². The van der Waals surface area contributed by atoms with E-state index in [4.69, 9.17) is 10.8 Å². The first kappa shape index (κ1) is 11.2. The molecule has 1 atom stereocenters. The summed E-state index contributed by atoms with van der Waals surface area (Å²) in [5, 5.41) is 8.95. The quantitative estimate of drug-likeness (QED) is 0.490. The molecule has 0 aliphatic rings. The van der Waals surface area contributed by atoms with Gasteiger partial charge in [-0.25, -0.2) is 0 Å². The Labute approximate surface area is 74.8 Å². The highest BCUT2D eigenvalue weighted by molar-refractivity contribution is 5.18. The van der Waals surface area contributed by atoms with E-state index < -0.39 is 0 Å². The first-order valence-electron chi connectivity index (χ1n) is 4.25. The zero-order valence-electron chi connectivity index (χ0n) is 8.01. The number of aliphatic hydroxyl groups is 1. The maximum atomic E-state index is 8.95. The predicted octanol–water partition coefficient (Wildman–Crippen LogP) is 2.38. The lowest BCUT2D eigenvalue weighted by atomic mass is 9.98. The van der Waals surface area contributed by atoms with Gasteiger partial charge in [0, 0.05) is 6.04 Å². The predicted molar refractivity (Wildman–Crippen MR) is 53.0 cm³/mol. The van der Waals surface area contributed by atoms with E-state index in [0.717, 1.165) is 6.42 Å². The number of nitrogens with two attached hydrogens (primary N) is 1. The summed E-state index contributed by atoms with van der Waals surface area (Å²) in [6.07, 6.45) is 1.58. The lowest BCUT2D eigenvalue weighted by Gasteiger charge is -2.14. The Balaban J connectivity index is 3.76. The molecular formula is C10H19NO. The van der Waals surface area contributed by atoms with Crippen LogP contribution in [0.25, 0.3) is 0 Å². The summed E-state index contributed by atoms with van der Waals surface area (Å²) in [7, 11) is 0. The van der Waals surface area contributed by atoms with Crippen molar-refractivity contribution in [2.75, 3.05) is 0 Å². The fourth-order valence-electron chi connectivity index (χ4n) is 1.12. The normalized spacial score (nSPS) is 13.0. The van der Waals surface area contributed by atoms with Gasteiger partial charge in [0.2, 0.25) is 0 Å². The molecule has 0 saturated heterocycles. The molecule has 2 heteroatoms. The third-order valence-corrected chi connectivity index (χ3v) is 1.69. The number of rotatable bonds is 5. The van der Waals surface area contributed by atoms with E-state index in [9.17, 15) is 0 Å². The van der Waals surface area contributed by atoms with Gasteiger partial charge in [0.05, 0.1) is 0 Å². The van der Waals surface area contributed by atoms with Crippen LogP contribution < -0.4 is 5.73 Å². The van der Waals surface area contributed by atoms with Crippen molar-refractivity contribution in [3.05, 3.63) is 24.5 Å². The monoisotopic (exact) mass is 169 g/mol. The van der Waals surface area contributed by atoms with Gasteiger partial charge in [0.15, 0.2) is 0 Å². The zero-order valence-corrected chi connectivity index (χ0v) is 8.01. The Morgan fingerprint density at radius 2 is 1.92 bits per heavy atom. The smallest absolute Gasteiger partial charge is 0.111 e. The molecule has 0 amide bonds.